The summed E-state index contributed by atoms with van der Waals surface area (Å²) in [6.45, 7) is 14.5. The summed E-state index contributed by atoms with van der Waals surface area (Å²) in [4.78, 5) is 2.71. The standard InChI is InChI=1S/C19H40N2/c1-17(2)11-15-21(16-12-18(3)4)14-8-6-5-7-13-20-19-9-10-19/h17-20H,5-16H2,1-4H3. The van der Waals surface area contributed by atoms with Gasteiger partial charge in [0.1, 0.15) is 0 Å². The maximum Gasteiger partial charge on any atom is 0.00682 e. The average molecular weight is 297 g/mol. The van der Waals surface area contributed by atoms with Crippen LogP contribution < -0.4 is 5.32 Å². The molecule has 1 saturated carbocycles. The summed E-state index contributed by atoms with van der Waals surface area (Å²) in [7, 11) is 0. The van der Waals surface area contributed by atoms with Crippen molar-refractivity contribution in [1.29, 1.82) is 0 Å². The van der Waals surface area contributed by atoms with Crippen LogP contribution in [0.4, 0.5) is 0 Å². The summed E-state index contributed by atoms with van der Waals surface area (Å²) < 4.78 is 0. The summed E-state index contributed by atoms with van der Waals surface area (Å²) in [5.41, 5.74) is 0. The Morgan fingerprint density at radius 1 is 0.810 bits per heavy atom. The fraction of sp³-hybridized carbons (Fsp3) is 1.00. The van der Waals surface area contributed by atoms with Crippen molar-refractivity contribution >= 4 is 0 Å². The summed E-state index contributed by atoms with van der Waals surface area (Å²) in [6.07, 6.45) is 11.1. The van der Waals surface area contributed by atoms with Gasteiger partial charge in [-0.15, -0.1) is 0 Å². The zero-order valence-electron chi connectivity index (χ0n) is 15.2. The molecule has 0 aliphatic heterocycles. The van der Waals surface area contributed by atoms with Crippen LogP contribution in [0.5, 0.6) is 0 Å². The van der Waals surface area contributed by atoms with E-state index in [0.717, 1.165) is 17.9 Å². The van der Waals surface area contributed by atoms with Gasteiger partial charge in [0.25, 0.3) is 0 Å². The van der Waals surface area contributed by atoms with Crippen LogP contribution in [0.1, 0.15) is 79.1 Å². The van der Waals surface area contributed by atoms with Gasteiger partial charge in [0.15, 0.2) is 0 Å². The van der Waals surface area contributed by atoms with Crippen molar-refractivity contribution in [2.24, 2.45) is 11.8 Å². The number of nitrogens with one attached hydrogen (secondary N) is 1. The normalized spacial score (nSPS) is 15.6. The molecule has 1 aliphatic carbocycles. The largest absolute Gasteiger partial charge is 0.314 e. The molecule has 0 aromatic rings. The van der Waals surface area contributed by atoms with E-state index in [1.807, 2.05) is 0 Å². The molecule has 0 spiro atoms. The van der Waals surface area contributed by atoms with E-state index in [-0.39, 0.29) is 0 Å². The fourth-order valence-electron chi connectivity index (χ4n) is 2.62. The van der Waals surface area contributed by atoms with Gasteiger partial charge in [-0.3, -0.25) is 0 Å². The molecule has 0 heterocycles. The second kappa shape index (κ2) is 11.5. The monoisotopic (exact) mass is 296 g/mol. The lowest BCUT2D eigenvalue weighted by molar-refractivity contribution is 0.238. The molecule has 1 aliphatic rings. The molecular formula is C19H40N2. The van der Waals surface area contributed by atoms with Crippen LogP contribution in [0.15, 0.2) is 0 Å². The van der Waals surface area contributed by atoms with Gasteiger partial charge < -0.3 is 10.2 Å². The van der Waals surface area contributed by atoms with Crippen molar-refractivity contribution < 1.29 is 0 Å². The first-order valence-corrected chi connectivity index (χ1v) is 9.53. The number of hydrogen-bond acceptors (Lipinski definition) is 2. The molecule has 0 aromatic carbocycles. The quantitative estimate of drug-likeness (QED) is 0.468. The molecule has 0 unspecified atom stereocenters. The Morgan fingerprint density at radius 2 is 1.38 bits per heavy atom. The Bertz CT molecular complexity index is 222. The van der Waals surface area contributed by atoms with Gasteiger partial charge in [-0.25, -0.2) is 0 Å². The predicted octanol–water partition coefficient (Wildman–Crippen LogP) is 4.69. The first-order valence-electron chi connectivity index (χ1n) is 9.53. The molecule has 126 valence electrons. The van der Waals surface area contributed by atoms with Gasteiger partial charge in [-0.1, -0.05) is 40.5 Å². The SMILES string of the molecule is CC(C)CCN(CCCCCCNC1CC1)CCC(C)C. The van der Waals surface area contributed by atoms with Crippen LogP contribution in [-0.2, 0) is 0 Å². The van der Waals surface area contributed by atoms with Gasteiger partial charge in [0.2, 0.25) is 0 Å². The average Bonchev–Trinajstić information content (AvgIpc) is 3.23. The van der Waals surface area contributed by atoms with Gasteiger partial charge in [0, 0.05) is 6.04 Å². The Kier molecular flexibility index (Phi) is 10.4. The highest BCUT2D eigenvalue weighted by atomic mass is 15.1. The van der Waals surface area contributed by atoms with E-state index in [1.54, 1.807) is 0 Å². The van der Waals surface area contributed by atoms with Crippen molar-refractivity contribution in [1.82, 2.24) is 10.2 Å². The smallest absolute Gasteiger partial charge is 0.00682 e. The lowest BCUT2D eigenvalue weighted by Crippen LogP contribution is -2.29. The third-order valence-corrected chi connectivity index (χ3v) is 4.46. The lowest BCUT2D eigenvalue weighted by atomic mass is 10.1. The Balaban J connectivity index is 2.00. The minimum atomic E-state index is 0.833. The van der Waals surface area contributed by atoms with E-state index in [9.17, 15) is 0 Å². The molecule has 1 rings (SSSR count). The van der Waals surface area contributed by atoms with Crippen molar-refractivity contribution in [3.63, 3.8) is 0 Å². The molecule has 0 aromatic heterocycles. The van der Waals surface area contributed by atoms with Crippen molar-refractivity contribution in [3.05, 3.63) is 0 Å². The molecule has 2 nitrogen and oxygen atoms in total. The highest BCUT2D eigenvalue weighted by Crippen LogP contribution is 2.18. The van der Waals surface area contributed by atoms with E-state index >= 15 is 0 Å². The number of hydrogen-bond donors (Lipinski definition) is 1. The summed E-state index contributed by atoms with van der Waals surface area (Å²) in [5, 5.41) is 3.61. The minimum absolute atomic E-state index is 0.833. The van der Waals surface area contributed by atoms with E-state index in [0.29, 0.717) is 0 Å². The first-order chi connectivity index (χ1) is 10.1. The second-order valence-electron chi connectivity index (χ2n) is 7.85. The van der Waals surface area contributed by atoms with Gasteiger partial charge in [-0.05, 0) is 76.5 Å². The molecule has 0 radical (unpaired) electrons. The van der Waals surface area contributed by atoms with Crippen LogP contribution in [0.25, 0.3) is 0 Å². The van der Waals surface area contributed by atoms with Crippen LogP contribution in [0.2, 0.25) is 0 Å². The number of nitrogens with zero attached hydrogens (tertiary/aromatic N) is 1. The molecule has 2 heteroatoms. The van der Waals surface area contributed by atoms with E-state index < -0.39 is 0 Å². The van der Waals surface area contributed by atoms with Crippen molar-refractivity contribution in [2.75, 3.05) is 26.2 Å². The van der Waals surface area contributed by atoms with Gasteiger partial charge in [0.05, 0.1) is 0 Å². The summed E-state index contributed by atoms with van der Waals surface area (Å²) in [6, 6.07) is 0.882. The molecule has 1 fully saturated rings. The third-order valence-electron chi connectivity index (χ3n) is 4.46. The molecule has 0 amide bonds. The third kappa shape index (κ3) is 12.2. The molecule has 0 atom stereocenters. The lowest BCUT2D eigenvalue weighted by Gasteiger charge is -2.24. The number of unbranched alkanes of at least 4 members (excludes halogenated alkanes) is 3. The molecule has 1 N–H and O–H groups in total. The Morgan fingerprint density at radius 3 is 1.90 bits per heavy atom. The van der Waals surface area contributed by atoms with E-state index in [2.05, 4.69) is 37.9 Å². The van der Waals surface area contributed by atoms with Crippen molar-refractivity contribution in [3.8, 4) is 0 Å². The minimum Gasteiger partial charge on any atom is -0.314 e. The molecular weight excluding hydrogens is 256 g/mol. The number of rotatable bonds is 14. The Labute approximate surface area is 134 Å². The maximum atomic E-state index is 3.61. The summed E-state index contributed by atoms with van der Waals surface area (Å²) in [5.74, 6) is 1.67. The molecule has 0 bridgehead atoms. The van der Waals surface area contributed by atoms with Gasteiger partial charge >= 0.3 is 0 Å². The first kappa shape index (κ1) is 19.0. The highest BCUT2D eigenvalue weighted by molar-refractivity contribution is 4.80. The molecule has 0 saturated heterocycles. The van der Waals surface area contributed by atoms with Crippen LogP contribution in [0.3, 0.4) is 0 Å². The highest BCUT2D eigenvalue weighted by Gasteiger charge is 2.19. The van der Waals surface area contributed by atoms with Gasteiger partial charge in [-0.2, -0.15) is 0 Å². The van der Waals surface area contributed by atoms with Crippen molar-refractivity contribution in [2.45, 2.75) is 85.1 Å². The topological polar surface area (TPSA) is 15.3 Å². The van der Waals surface area contributed by atoms with Crippen LogP contribution in [-0.4, -0.2) is 37.1 Å². The fourth-order valence-corrected chi connectivity index (χ4v) is 2.62. The van der Waals surface area contributed by atoms with E-state index in [1.165, 1.54) is 77.5 Å². The summed E-state index contributed by atoms with van der Waals surface area (Å²) >= 11 is 0. The van der Waals surface area contributed by atoms with Crippen LogP contribution >= 0.6 is 0 Å². The molecule has 21 heavy (non-hydrogen) atoms. The van der Waals surface area contributed by atoms with E-state index in [4.69, 9.17) is 0 Å². The zero-order valence-corrected chi connectivity index (χ0v) is 15.2. The predicted molar refractivity (Wildman–Crippen MR) is 94.8 cm³/mol. The van der Waals surface area contributed by atoms with Crippen LogP contribution in [0, 0.1) is 11.8 Å². The zero-order chi connectivity index (χ0) is 15.5. The second-order valence-corrected chi connectivity index (χ2v) is 7.85. The maximum absolute atomic E-state index is 3.61. The Hall–Kier alpha value is -0.0800.